The Balaban J connectivity index is 0.975. The van der Waals surface area contributed by atoms with Gasteiger partial charge in [-0.15, -0.1) is 0 Å². The third-order valence-corrected chi connectivity index (χ3v) is 7.54. The molecule has 190 valence electrons. The number of hydrogen-bond acceptors (Lipinski definition) is 6. The van der Waals surface area contributed by atoms with Gasteiger partial charge in [-0.1, -0.05) is 42.5 Å². The standard InChI is InChI=1S/C30H33N5O2/c36-29(24-14-16-35(17-15-24)30-32-27-8-4-5-9-28(27)37-30)31-25-10-12-26(13-11-25)34-20-18-33(19-21-34)22-23-6-2-1-3-7-23/h1-13,24H,14-22H2,(H,31,36). The molecule has 0 radical (unpaired) electrons. The van der Waals surface area contributed by atoms with E-state index in [-0.39, 0.29) is 11.8 Å². The molecular formula is C30H33N5O2. The summed E-state index contributed by atoms with van der Waals surface area (Å²) in [6, 6.07) is 27.4. The lowest BCUT2D eigenvalue weighted by atomic mass is 9.96. The number of oxazole rings is 1. The van der Waals surface area contributed by atoms with E-state index in [1.54, 1.807) is 0 Å². The number of benzene rings is 3. The Morgan fingerprint density at radius 1 is 0.811 bits per heavy atom. The number of hydrogen-bond donors (Lipinski definition) is 1. The van der Waals surface area contributed by atoms with Crippen molar-refractivity contribution in [2.75, 3.05) is 54.4 Å². The molecule has 3 aromatic carbocycles. The smallest absolute Gasteiger partial charge is 0.298 e. The summed E-state index contributed by atoms with van der Waals surface area (Å²) in [5.74, 6) is 0.0949. The van der Waals surface area contributed by atoms with Crippen LogP contribution in [0.3, 0.4) is 0 Å². The van der Waals surface area contributed by atoms with Crippen molar-refractivity contribution in [3.8, 4) is 0 Å². The quantitative estimate of drug-likeness (QED) is 0.406. The fourth-order valence-electron chi connectivity index (χ4n) is 5.33. The monoisotopic (exact) mass is 495 g/mol. The van der Waals surface area contributed by atoms with E-state index in [1.165, 1.54) is 11.3 Å². The Morgan fingerprint density at radius 3 is 2.24 bits per heavy atom. The second-order valence-corrected chi connectivity index (χ2v) is 10.0. The number of amides is 1. The Labute approximate surface area is 217 Å². The van der Waals surface area contributed by atoms with Crippen LogP contribution in [0.4, 0.5) is 17.4 Å². The van der Waals surface area contributed by atoms with Gasteiger partial charge in [0.25, 0.3) is 6.01 Å². The number of nitrogens with zero attached hydrogens (tertiary/aromatic N) is 4. The van der Waals surface area contributed by atoms with E-state index >= 15 is 0 Å². The second-order valence-electron chi connectivity index (χ2n) is 10.0. The van der Waals surface area contributed by atoms with Gasteiger partial charge >= 0.3 is 0 Å². The summed E-state index contributed by atoms with van der Waals surface area (Å²) < 4.78 is 5.90. The molecule has 7 nitrogen and oxygen atoms in total. The van der Waals surface area contributed by atoms with Crippen LogP contribution in [-0.4, -0.2) is 55.1 Å². The number of anilines is 3. The normalized spacial score (nSPS) is 17.3. The molecule has 3 heterocycles. The first kappa shape index (κ1) is 23.6. The molecule has 0 saturated carbocycles. The van der Waals surface area contributed by atoms with Crippen molar-refractivity contribution in [2.45, 2.75) is 19.4 Å². The first-order valence-electron chi connectivity index (χ1n) is 13.2. The van der Waals surface area contributed by atoms with Crippen LogP contribution < -0.4 is 15.1 Å². The van der Waals surface area contributed by atoms with Gasteiger partial charge in [-0.3, -0.25) is 9.69 Å². The summed E-state index contributed by atoms with van der Waals surface area (Å²) in [5.41, 5.74) is 5.11. The molecule has 2 saturated heterocycles. The van der Waals surface area contributed by atoms with Gasteiger partial charge in [0.2, 0.25) is 5.91 Å². The highest BCUT2D eigenvalue weighted by Crippen LogP contribution is 2.27. The van der Waals surface area contributed by atoms with E-state index in [0.29, 0.717) is 6.01 Å². The number of carbonyl (C=O) groups excluding carboxylic acids is 1. The summed E-state index contributed by atoms with van der Waals surface area (Å²) in [6.45, 7) is 6.66. The first-order valence-corrected chi connectivity index (χ1v) is 13.2. The van der Waals surface area contributed by atoms with Crippen LogP contribution in [0.25, 0.3) is 11.1 Å². The Bertz CT molecular complexity index is 1290. The average molecular weight is 496 g/mol. The van der Waals surface area contributed by atoms with Crippen molar-refractivity contribution in [1.82, 2.24) is 9.88 Å². The maximum atomic E-state index is 12.9. The highest BCUT2D eigenvalue weighted by Gasteiger charge is 2.27. The zero-order valence-corrected chi connectivity index (χ0v) is 21.1. The Morgan fingerprint density at radius 2 is 1.51 bits per heavy atom. The molecule has 0 aliphatic carbocycles. The molecule has 37 heavy (non-hydrogen) atoms. The lowest BCUT2D eigenvalue weighted by Crippen LogP contribution is -2.45. The molecule has 6 rings (SSSR count). The van der Waals surface area contributed by atoms with Gasteiger partial charge in [-0.05, 0) is 54.8 Å². The molecule has 2 aliphatic rings. The molecular weight excluding hydrogens is 462 g/mol. The number of carbonyl (C=O) groups is 1. The number of fused-ring (bicyclic) bond motifs is 1. The zero-order chi connectivity index (χ0) is 25.0. The second kappa shape index (κ2) is 10.6. The van der Waals surface area contributed by atoms with Crippen molar-refractivity contribution in [3.05, 3.63) is 84.4 Å². The van der Waals surface area contributed by atoms with Crippen LogP contribution >= 0.6 is 0 Å². The molecule has 4 aromatic rings. The molecule has 1 amide bonds. The fraction of sp³-hybridized carbons (Fsp3) is 0.333. The summed E-state index contributed by atoms with van der Waals surface area (Å²) >= 11 is 0. The maximum Gasteiger partial charge on any atom is 0.298 e. The number of aromatic nitrogens is 1. The van der Waals surface area contributed by atoms with E-state index in [9.17, 15) is 4.79 Å². The van der Waals surface area contributed by atoms with Crippen molar-refractivity contribution in [2.24, 2.45) is 5.92 Å². The molecule has 0 spiro atoms. The predicted molar refractivity (Wildman–Crippen MR) is 148 cm³/mol. The van der Waals surface area contributed by atoms with Crippen LogP contribution in [0, 0.1) is 5.92 Å². The zero-order valence-electron chi connectivity index (χ0n) is 21.1. The molecule has 0 unspecified atom stereocenters. The largest absolute Gasteiger partial charge is 0.423 e. The van der Waals surface area contributed by atoms with Gasteiger partial charge in [0.05, 0.1) is 0 Å². The van der Waals surface area contributed by atoms with Crippen LogP contribution in [0.15, 0.2) is 83.3 Å². The predicted octanol–water partition coefficient (Wildman–Crippen LogP) is 5.01. The molecule has 0 atom stereocenters. The van der Waals surface area contributed by atoms with Crippen molar-refractivity contribution < 1.29 is 9.21 Å². The van der Waals surface area contributed by atoms with E-state index in [0.717, 1.165) is 75.4 Å². The minimum atomic E-state index is -0.00185. The third kappa shape index (κ3) is 5.47. The van der Waals surface area contributed by atoms with Crippen molar-refractivity contribution >= 4 is 34.4 Å². The summed E-state index contributed by atoms with van der Waals surface area (Å²) in [5, 5.41) is 3.13. The minimum absolute atomic E-state index is 0.00185. The molecule has 7 heteroatoms. The summed E-state index contributed by atoms with van der Waals surface area (Å²) in [7, 11) is 0. The van der Waals surface area contributed by atoms with Gasteiger partial charge < -0.3 is 19.5 Å². The van der Waals surface area contributed by atoms with Crippen molar-refractivity contribution in [3.63, 3.8) is 0 Å². The van der Waals surface area contributed by atoms with E-state index < -0.39 is 0 Å². The molecule has 0 bridgehead atoms. The van der Waals surface area contributed by atoms with Crippen LogP contribution in [0.2, 0.25) is 0 Å². The van der Waals surface area contributed by atoms with E-state index in [1.807, 2.05) is 36.4 Å². The lowest BCUT2D eigenvalue weighted by molar-refractivity contribution is -0.120. The van der Waals surface area contributed by atoms with E-state index in [2.05, 4.69) is 67.5 Å². The number of piperidine rings is 1. The molecule has 2 aliphatic heterocycles. The van der Waals surface area contributed by atoms with E-state index in [4.69, 9.17) is 4.42 Å². The van der Waals surface area contributed by atoms with Gasteiger partial charge in [0.15, 0.2) is 5.58 Å². The van der Waals surface area contributed by atoms with Crippen LogP contribution in [0.1, 0.15) is 18.4 Å². The number of piperazine rings is 1. The molecule has 1 N–H and O–H groups in total. The van der Waals surface area contributed by atoms with Gasteiger partial charge in [-0.2, -0.15) is 4.98 Å². The lowest BCUT2D eigenvalue weighted by Gasteiger charge is -2.36. The fourth-order valence-corrected chi connectivity index (χ4v) is 5.33. The number of nitrogens with one attached hydrogen (secondary N) is 1. The first-order chi connectivity index (χ1) is 18.2. The number of rotatable bonds is 6. The minimum Gasteiger partial charge on any atom is -0.423 e. The Kier molecular flexibility index (Phi) is 6.78. The molecule has 2 fully saturated rings. The average Bonchev–Trinajstić information content (AvgIpc) is 3.39. The SMILES string of the molecule is O=C(Nc1ccc(N2CCN(Cc3ccccc3)CC2)cc1)C1CCN(c2nc3ccccc3o2)CC1. The Hall–Kier alpha value is -3.84. The van der Waals surface area contributed by atoms with Crippen LogP contribution in [-0.2, 0) is 11.3 Å². The maximum absolute atomic E-state index is 12.9. The van der Waals surface area contributed by atoms with Crippen molar-refractivity contribution in [1.29, 1.82) is 0 Å². The van der Waals surface area contributed by atoms with Gasteiger partial charge in [0.1, 0.15) is 5.52 Å². The highest BCUT2D eigenvalue weighted by molar-refractivity contribution is 5.92. The number of para-hydroxylation sites is 2. The molecule has 1 aromatic heterocycles. The van der Waals surface area contributed by atoms with Crippen LogP contribution in [0.5, 0.6) is 0 Å². The van der Waals surface area contributed by atoms with Gasteiger partial charge in [0, 0.05) is 63.1 Å². The summed E-state index contributed by atoms with van der Waals surface area (Å²) in [6.07, 6.45) is 1.58. The third-order valence-electron chi connectivity index (χ3n) is 7.54. The topological polar surface area (TPSA) is 64.9 Å². The highest BCUT2D eigenvalue weighted by atomic mass is 16.4. The summed E-state index contributed by atoms with van der Waals surface area (Å²) in [4.78, 5) is 24.6. The van der Waals surface area contributed by atoms with Gasteiger partial charge in [-0.25, -0.2) is 0 Å².